The summed E-state index contributed by atoms with van der Waals surface area (Å²) in [6.07, 6.45) is 3.30. The topological polar surface area (TPSA) is 58.6 Å². The minimum Gasteiger partial charge on any atom is -0.756 e. The van der Waals surface area contributed by atoms with Crippen LogP contribution in [-0.2, 0) is 13.6 Å². The highest BCUT2D eigenvalue weighted by molar-refractivity contribution is 7.45. The molecule has 0 saturated carbocycles. The van der Waals surface area contributed by atoms with Crippen molar-refractivity contribution in [3.8, 4) is 0 Å². The first-order valence-corrected chi connectivity index (χ1v) is 10.3. The van der Waals surface area contributed by atoms with E-state index in [-0.39, 0.29) is 13.2 Å². The zero-order valence-electron chi connectivity index (χ0n) is 15.6. The molecule has 0 unspecified atom stereocenters. The molecule has 0 atom stereocenters. The molecule has 0 heterocycles. The SMILES string of the molecule is CCCCOP(=O)([O-])OCCCC.CC[N+](CC)(CC)CC. The Labute approximate surface area is 138 Å². The number of hydrogen-bond acceptors (Lipinski definition) is 4. The first-order valence-electron chi connectivity index (χ1n) is 8.82. The highest BCUT2D eigenvalue weighted by atomic mass is 31.2. The molecule has 0 saturated heterocycles. The number of unbranched alkanes of at least 4 members (excludes halogenated alkanes) is 2. The van der Waals surface area contributed by atoms with Gasteiger partial charge in [0.2, 0.25) is 0 Å². The van der Waals surface area contributed by atoms with Crippen LogP contribution < -0.4 is 4.89 Å². The van der Waals surface area contributed by atoms with Gasteiger partial charge in [0, 0.05) is 0 Å². The van der Waals surface area contributed by atoms with Crippen LogP contribution in [0, 0.1) is 0 Å². The largest absolute Gasteiger partial charge is 0.756 e. The molecule has 5 nitrogen and oxygen atoms in total. The highest BCUT2D eigenvalue weighted by Gasteiger charge is 2.16. The number of rotatable bonds is 12. The van der Waals surface area contributed by atoms with Crippen molar-refractivity contribution in [2.24, 2.45) is 0 Å². The van der Waals surface area contributed by atoms with Gasteiger partial charge in [-0.1, -0.05) is 26.7 Å². The molecule has 22 heavy (non-hydrogen) atoms. The summed E-state index contributed by atoms with van der Waals surface area (Å²) in [4.78, 5) is 11.0. The van der Waals surface area contributed by atoms with Crippen LogP contribution in [0.1, 0.15) is 67.2 Å². The van der Waals surface area contributed by atoms with E-state index in [4.69, 9.17) is 0 Å². The van der Waals surface area contributed by atoms with Crippen molar-refractivity contribution in [3.63, 3.8) is 0 Å². The van der Waals surface area contributed by atoms with Crippen molar-refractivity contribution in [2.75, 3.05) is 39.4 Å². The smallest absolute Gasteiger partial charge is 0.267 e. The Hall–Kier alpha value is 0.0700. The van der Waals surface area contributed by atoms with Crippen LogP contribution in [0.4, 0.5) is 0 Å². The van der Waals surface area contributed by atoms with Gasteiger partial charge in [0.25, 0.3) is 7.82 Å². The summed E-state index contributed by atoms with van der Waals surface area (Å²) in [6.45, 7) is 18.6. The maximum atomic E-state index is 11.0. The van der Waals surface area contributed by atoms with Gasteiger partial charge in [-0.15, -0.1) is 0 Å². The van der Waals surface area contributed by atoms with Crippen LogP contribution in [0.5, 0.6) is 0 Å². The van der Waals surface area contributed by atoms with Gasteiger partial charge in [-0.25, -0.2) is 0 Å². The lowest BCUT2D eigenvalue weighted by molar-refractivity contribution is -0.921. The van der Waals surface area contributed by atoms with Crippen LogP contribution in [0.15, 0.2) is 0 Å². The summed E-state index contributed by atoms with van der Waals surface area (Å²) in [5.41, 5.74) is 0. The average Bonchev–Trinajstić information content (AvgIpc) is 2.51. The van der Waals surface area contributed by atoms with Crippen molar-refractivity contribution in [2.45, 2.75) is 67.2 Å². The second-order valence-electron chi connectivity index (χ2n) is 5.43. The molecule has 0 N–H and O–H groups in total. The lowest BCUT2D eigenvalue weighted by Gasteiger charge is -2.34. The zero-order valence-corrected chi connectivity index (χ0v) is 16.5. The number of quaternary nitrogens is 1. The quantitative estimate of drug-likeness (QED) is 0.307. The second-order valence-corrected chi connectivity index (χ2v) is 6.84. The van der Waals surface area contributed by atoms with E-state index in [1.807, 2.05) is 13.8 Å². The molecule has 0 fully saturated rings. The van der Waals surface area contributed by atoms with E-state index in [0.29, 0.717) is 0 Å². The fraction of sp³-hybridized carbons (Fsp3) is 1.00. The third-order valence-electron chi connectivity index (χ3n) is 4.18. The van der Waals surface area contributed by atoms with Gasteiger partial charge < -0.3 is 18.4 Å². The third-order valence-corrected chi connectivity index (χ3v) is 5.18. The van der Waals surface area contributed by atoms with E-state index in [9.17, 15) is 9.46 Å². The van der Waals surface area contributed by atoms with Crippen molar-refractivity contribution >= 4 is 7.82 Å². The standard InChI is InChI=1S/C8H20N.C8H19O4P/c1-5-9(6-2,7-3)8-4;1-3-5-7-11-13(9,10)12-8-6-4-2/h5-8H2,1-4H3;3-8H2,1-2H3,(H,9,10)/q+1;/p-1. The number of phosphoric acid groups is 1. The van der Waals surface area contributed by atoms with E-state index >= 15 is 0 Å². The normalized spacial score (nSPS) is 12.0. The molecule has 0 amide bonds. The van der Waals surface area contributed by atoms with Crippen LogP contribution in [0.3, 0.4) is 0 Å². The summed E-state index contributed by atoms with van der Waals surface area (Å²) in [5, 5.41) is 0. The van der Waals surface area contributed by atoms with Gasteiger partial charge in [0.05, 0.1) is 39.4 Å². The molecule has 6 heteroatoms. The van der Waals surface area contributed by atoms with Crippen molar-refractivity contribution < 1.29 is 23.0 Å². The molecule has 0 aliphatic rings. The molecule has 0 rings (SSSR count). The van der Waals surface area contributed by atoms with Crippen LogP contribution in [-0.4, -0.2) is 43.9 Å². The molecular weight excluding hydrogens is 301 g/mol. The predicted octanol–water partition coefficient (Wildman–Crippen LogP) is 3.97. The average molecular weight is 339 g/mol. The van der Waals surface area contributed by atoms with Crippen molar-refractivity contribution in [3.05, 3.63) is 0 Å². The van der Waals surface area contributed by atoms with E-state index in [2.05, 4.69) is 36.7 Å². The molecule has 0 spiro atoms. The number of phosphoric ester groups is 1. The summed E-state index contributed by atoms with van der Waals surface area (Å²) in [5.74, 6) is 0. The van der Waals surface area contributed by atoms with Crippen molar-refractivity contribution in [1.82, 2.24) is 0 Å². The van der Waals surface area contributed by atoms with Gasteiger partial charge in [0.1, 0.15) is 0 Å². The lowest BCUT2D eigenvalue weighted by Crippen LogP contribution is -2.47. The summed E-state index contributed by atoms with van der Waals surface area (Å²) in [6, 6.07) is 0. The zero-order chi connectivity index (χ0) is 17.5. The van der Waals surface area contributed by atoms with Gasteiger partial charge >= 0.3 is 0 Å². The second kappa shape index (κ2) is 14.6. The Balaban J connectivity index is 0. The van der Waals surface area contributed by atoms with Gasteiger partial charge in [-0.3, -0.25) is 4.57 Å². The minimum atomic E-state index is -4.00. The Morgan fingerprint density at radius 1 is 0.773 bits per heavy atom. The minimum absolute atomic E-state index is 0.226. The first kappa shape index (κ1) is 24.3. The molecule has 0 aliphatic heterocycles. The van der Waals surface area contributed by atoms with E-state index in [1.165, 1.54) is 30.7 Å². The summed E-state index contributed by atoms with van der Waals surface area (Å²) >= 11 is 0. The van der Waals surface area contributed by atoms with E-state index in [0.717, 1.165) is 25.7 Å². The molecular formula is C16H38NO4P. The van der Waals surface area contributed by atoms with E-state index in [1.54, 1.807) is 0 Å². The van der Waals surface area contributed by atoms with E-state index < -0.39 is 7.82 Å². The number of hydrogen-bond donors (Lipinski definition) is 0. The highest BCUT2D eigenvalue weighted by Crippen LogP contribution is 2.38. The first-order chi connectivity index (χ1) is 10.4. The summed E-state index contributed by atoms with van der Waals surface area (Å²) in [7, 11) is -4.00. The molecule has 0 aromatic rings. The van der Waals surface area contributed by atoms with Crippen LogP contribution in [0.25, 0.3) is 0 Å². The molecule has 0 bridgehead atoms. The Morgan fingerprint density at radius 3 is 1.27 bits per heavy atom. The van der Waals surface area contributed by atoms with Gasteiger partial charge in [0.15, 0.2) is 0 Å². The van der Waals surface area contributed by atoms with Crippen LogP contribution in [0.2, 0.25) is 0 Å². The molecule has 0 aromatic heterocycles. The Kier molecular flexibility index (Phi) is 16.2. The van der Waals surface area contributed by atoms with Crippen LogP contribution >= 0.6 is 7.82 Å². The molecule has 136 valence electrons. The monoisotopic (exact) mass is 339 g/mol. The third kappa shape index (κ3) is 12.6. The molecule has 0 aliphatic carbocycles. The molecule has 0 radical (unpaired) electrons. The fourth-order valence-corrected chi connectivity index (χ4v) is 2.80. The van der Waals surface area contributed by atoms with Gasteiger partial charge in [-0.2, -0.15) is 0 Å². The summed E-state index contributed by atoms with van der Waals surface area (Å²) < 4.78 is 21.4. The lowest BCUT2D eigenvalue weighted by atomic mass is 10.3. The maximum absolute atomic E-state index is 11.0. The van der Waals surface area contributed by atoms with Gasteiger partial charge in [-0.05, 0) is 40.5 Å². The Bertz CT molecular complexity index is 252. The Morgan fingerprint density at radius 2 is 1.09 bits per heavy atom. The predicted molar refractivity (Wildman–Crippen MR) is 91.8 cm³/mol. The fourth-order valence-electron chi connectivity index (χ4n) is 2.02. The molecule has 0 aromatic carbocycles. The maximum Gasteiger partial charge on any atom is 0.267 e. The van der Waals surface area contributed by atoms with Crippen molar-refractivity contribution in [1.29, 1.82) is 0 Å². The number of nitrogens with zero attached hydrogens (tertiary/aromatic N) is 1.